The molecule has 0 aliphatic rings. The van der Waals surface area contributed by atoms with Crippen LogP contribution in [0, 0.1) is 16.0 Å². The highest BCUT2D eigenvalue weighted by Gasteiger charge is 2.21. The van der Waals surface area contributed by atoms with E-state index in [4.69, 9.17) is 5.11 Å². The van der Waals surface area contributed by atoms with Crippen molar-refractivity contribution in [3.63, 3.8) is 0 Å². The summed E-state index contributed by atoms with van der Waals surface area (Å²) >= 11 is 0. The van der Waals surface area contributed by atoms with Crippen molar-refractivity contribution in [3.8, 4) is 0 Å². The predicted molar refractivity (Wildman–Crippen MR) is 72.2 cm³/mol. The third-order valence-electron chi connectivity index (χ3n) is 2.76. The molecule has 1 heterocycles. The van der Waals surface area contributed by atoms with E-state index in [1.54, 1.807) is 7.05 Å². The van der Waals surface area contributed by atoms with Crippen LogP contribution < -0.4 is 10.6 Å². The van der Waals surface area contributed by atoms with Crippen LogP contribution >= 0.6 is 0 Å². The van der Waals surface area contributed by atoms with Gasteiger partial charge in [0.2, 0.25) is 11.8 Å². The largest absolute Gasteiger partial charge is 0.396 e. The molecule has 1 aromatic heterocycles. The molecule has 0 spiro atoms. The van der Waals surface area contributed by atoms with E-state index < -0.39 is 4.92 Å². The van der Waals surface area contributed by atoms with Crippen LogP contribution in [0.15, 0.2) is 6.20 Å². The number of hydrogen-bond acceptors (Lipinski definition) is 7. The van der Waals surface area contributed by atoms with Gasteiger partial charge in [0.05, 0.1) is 4.92 Å². The Bertz CT molecular complexity index is 438. The van der Waals surface area contributed by atoms with Crippen LogP contribution in [0.25, 0.3) is 0 Å². The van der Waals surface area contributed by atoms with Crippen molar-refractivity contribution < 1.29 is 10.0 Å². The molecule has 0 saturated carbocycles. The van der Waals surface area contributed by atoms with Gasteiger partial charge >= 0.3 is 5.69 Å². The highest BCUT2D eigenvalue weighted by molar-refractivity contribution is 5.57. The lowest BCUT2D eigenvalue weighted by Crippen LogP contribution is -2.28. The van der Waals surface area contributed by atoms with E-state index in [-0.39, 0.29) is 30.1 Å². The summed E-state index contributed by atoms with van der Waals surface area (Å²) < 4.78 is 0. The molecular formula is C11H19N5O3. The first-order valence-electron chi connectivity index (χ1n) is 6.06. The molecule has 106 valence electrons. The molecule has 1 unspecified atom stereocenters. The fourth-order valence-electron chi connectivity index (χ4n) is 1.62. The van der Waals surface area contributed by atoms with Crippen molar-refractivity contribution in [2.75, 3.05) is 24.3 Å². The van der Waals surface area contributed by atoms with E-state index in [1.165, 1.54) is 0 Å². The molecular weight excluding hydrogens is 250 g/mol. The first kappa shape index (κ1) is 15.1. The first-order chi connectivity index (χ1) is 8.99. The van der Waals surface area contributed by atoms with Gasteiger partial charge in [0.1, 0.15) is 6.20 Å². The minimum Gasteiger partial charge on any atom is -0.396 e. The second kappa shape index (κ2) is 6.83. The predicted octanol–water partition coefficient (Wildman–Crippen LogP) is 1.25. The van der Waals surface area contributed by atoms with Gasteiger partial charge in [-0.15, -0.1) is 0 Å². The van der Waals surface area contributed by atoms with Crippen molar-refractivity contribution in [3.05, 3.63) is 16.3 Å². The zero-order valence-electron chi connectivity index (χ0n) is 11.3. The number of hydrogen-bond donors (Lipinski definition) is 3. The molecule has 0 aromatic carbocycles. The minimum atomic E-state index is -0.530. The average Bonchev–Trinajstić information content (AvgIpc) is 2.37. The number of nitrogens with zero attached hydrogens (tertiary/aromatic N) is 3. The molecule has 0 amide bonds. The van der Waals surface area contributed by atoms with E-state index in [2.05, 4.69) is 20.6 Å². The van der Waals surface area contributed by atoms with Gasteiger partial charge in [-0.25, -0.2) is 4.98 Å². The van der Waals surface area contributed by atoms with Crippen LogP contribution in [0.4, 0.5) is 17.5 Å². The lowest BCUT2D eigenvalue weighted by Gasteiger charge is -2.21. The summed E-state index contributed by atoms with van der Waals surface area (Å²) in [6.07, 6.45) is 1.66. The third kappa shape index (κ3) is 4.02. The fourth-order valence-corrected chi connectivity index (χ4v) is 1.62. The number of anilines is 2. The lowest BCUT2D eigenvalue weighted by molar-refractivity contribution is -0.384. The highest BCUT2D eigenvalue weighted by atomic mass is 16.6. The van der Waals surface area contributed by atoms with E-state index in [0.29, 0.717) is 12.4 Å². The van der Waals surface area contributed by atoms with Crippen molar-refractivity contribution >= 4 is 17.5 Å². The quantitative estimate of drug-likeness (QED) is 0.504. The van der Waals surface area contributed by atoms with Crippen molar-refractivity contribution in [2.24, 2.45) is 5.92 Å². The summed E-state index contributed by atoms with van der Waals surface area (Å²) in [4.78, 5) is 18.3. The first-order valence-corrected chi connectivity index (χ1v) is 6.06. The van der Waals surface area contributed by atoms with E-state index in [1.807, 2.05) is 13.8 Å². The smallest absolute Gasteiger partial charge is 0.329 e. The number of aliphatic hydroxyl groups excluding tert-OH is 1. The molecule has 3 N–H and O–H groups in total. The summed E-state index contributed by atoms with van der Waals surface area (Å²) in [6, 6.07) is -0.0942. The van der Waals surface area contributed by atoms with Crippen molar-refractivity contribution in [1.82, 2.24) is 9.97 Å². The number of aliphatic hydroxyl groups is 1. The zero-order chi connectivity index (χ0) is 14.4. The summed E-state index contributed by atoms with van der Waals surface area (Å²) in [5, 5.41) is 25.7. The normalized spacial score (nSPS) is 12.3. The molecule has 8 heteroatoms. The molecule has 0 radical (unpaired) electrons. The van der Waals surface area contributed by atoms with Crippen LogP contribution in [-0.2, 0) is 0 Å². The maximum absolute atomic E-state index is 10.9. The monoisotopic (exact) mass is 269 g/mol. The topological polar surface area (TPSA) is 113 Å². The molecule has 0 aliphatic carbocycles. The van der Waals surface area contributed by atoms with E-state index >= 15 is 0 Å². The third-order valence-corrected chi connectivity index (χ3v) is 2.76. The molecule has 19 heavy (non-hydrogen) atoms. The maximum Gasteiger partial charge on any atom is 0.329 e. The highest BCUT2D eigenvalue weighted by Crippen LogP contribution is 2.24. The number of rotatable bonds is 7. The summed E-state index contributed by atoms with van der Waals surface area (Å²) in [5.41, 5.74) is -0.178. The summed E-state index contributed by atoms with van der Waals surface area (Å²) in [6.45, 7) is 3.95. The minimum absolute atomic E-state index is 0.00755. The second-order valence-electron chi connectivity index (χ2n) is 4.44. The van der Waals surface area contributed by atoms with Crippen LogP contribution in [0.2, 0.25) is 0 Å². The van der Waals surface area contributed by atoms with Gasteiger partial charge in [0, 0.05) is 19.7 Å². The van der Waals surface area contributed by atoms with Gasteiger partial charge in [0.25, 0.3) is 0 Å². The summed E-state index contributed by atoms with van der Waals surface area (Å²) in [5.74, 6) is 0.677. The molecule has 8 nitrogen and oxygen atoms in total. The average molecular weight is 269 g/mol. The van der Waals surface area contributed by atoms with Gasteiger partial charge in [-0.3, -0.25) is 10.1 Å². The van der Waals surface area contributed by atoms with Gasteiger partial charge < -0.3 is 15.7 Å². The van der Waals surface area contributed by atoms with Gasteiger partial charge in [-0.05, 0) is 12.3 Å². The Morgan fingerprint density at radius 1 is 1.53 bits per heavy atom. The van der Waals surface area contributed by atoms with Crippen LogP contribution in [0.1, 0.15) is 20.3 Å². The Kier molecular flexibility index (Phi) is 5.43. The SMILES string of the molecule is CNc1ncc([N+](=O)[O-])c(NC(CCO)C(C)C)n1. The Labute approximate surface area is 111 Å². The Balaban J connectivity index is 3.04. The lowest BCUT2D eigenvalue weighted by atomic mass is 10.0. The molecule has 1 aromatic rings. The van der Waals surface area contributed by atoms with E-state index in [9.17, 15) is 10.1 Å². The standard InChI is InChI=1S/C11H19N5O3/c1-7(2)8(4-5-17)14-10-9(16(18)19)6-13-11(12-3)15-10/h6-8,17H,4-5H2,1-3H3,(H2,12,13,14,15). The van der Waals surface area contributed by atoms with Gasteiger partial charge in [-0.1, -0.05) is 13.8 Å². The number of nitrogens with one attached hydrogen (secondary N) is 2. The maximum atomic E-state index is 10.9. The molecule has 0 saturated heterocycles. The van der Waals surface area contributed by atoms with Crippen LogP contribution in [0.3, 0.4) is 0 Å². The van der Waals surface area contributed by atoms with Gasteiger partial charge in [-0.2, -0.15) is 4.98 Å². The summed E-state index contributed by atoms with van der Waals surface area (Å²) in [7, 11) is 1.64. The van der Waals surface area contributed by atoms with Crippen LogP contribution in [-0.4, -0.2) is 39.7 Å². The molecule has 0 bridgehead atoms. The number of nitro groups is 1. The Morgan fingerprint density at radius 3 is 2.68 bits per heavy atom. The second-order valence-corrected chi connectivity index (χ2v) is 4.44. The van der Waals surface area contributed by atoms with Crippen molar-refractivity contribution in [2.45, 2.75) is 26.3 Å². The Hall–Kier alpha value is -1.96. The van der Waals surface area contributed by atoms with Crippen molar-refractivity contribution in [1.29, 1.82) is 0 Å². The number of aromatic nitrogens is 2. The molecule has 0 aliphatic heterocycles. The van der Waals surface area contributed by atoms with Crippen LogP contribution in [0.5, 0.6) is 0 Å². The fraction of sp³-hybridized carbons (Fsp3) is 0.636. The molecule has 0 fully saturated rings. The zero-order valence-corrected chi connectivity index (χ0v) is 11.3. The Morgan fingerprint density at radius 2 is 2.21 bits per heavy atom. The molecule has 1 atom stereocenters. The molecule has 1 rings (SSSR count). The van der Waals surface area contributed by atoms with E-state index in [0.717, 1.165) is 6.20 Å². The van der Waals surface area contributed by atoms with Gasteiger partial charge in [0.15, 0.2) is 0 Å².